The van der Waals surface area contributed by atoms with Gasteiger partial charge in [-0.25, -0.2) is 4.98 Å². The van der Waals surface area contributed by atoms with Crippen molar-refractivity contribution in [2.75, 3.05) is 5.73 Å². The van der Waals surface area contributed by atoms with Crippen LogP contribution in [0.15, 0.2) is 36.4 Å². The molecule has 0 spiro atoms. The molecule has 0 amide bonds. The van der Waals surface area contributed by atoms with Gasteiger partial charge in [0.15, 0.2) is 5.82 Å². The van der Waals surface area contributed by atoms with Gasteiger partial charge in [-0.2, -0.15) is 5.10 Å². The van der Waals surface area contributed by atoms with Crippen molar-refractivity contribution in [1.29, 1.82) is 0 Å². The number of aromatic nitrogens is 3. The van der Waals surface area contributed by atoms with E-state index < -0.39 is 0 Å². The van der Waals surface area contributed by atoms with Crippen molar-refractivity contribution in [2.45, 2.75) is 13.3 Å². The normalized spacial score (nSPS) is 10.9. The third kappa shape index (κ3) is 1.72. The molecule has 2 aromatic carbocycles. The molecule has 0 radical (unpaired) electrons. The number of rotatable bonds is 2. The second-order valence-corrected chi connectivity index (χ2v) is 4.25. The molecule has 1 aromatic heterocycles. The number of aromatic amines is 1. The number of nitrogens with one attached hydrogen (secondary N) is 1. The average Bonchev–Trinajstić information content (AvgIpc) is 2.86. The predicted octanol–water partition coefficient (Wildman–Crippen LogP) is 2.77. The highest BCUT2D eigenvalue weighted by atomic mass is 15.2. The van der Waals surface area contributed by atoms with Gasteiger partial charge in [0.25, 0.3) is 0 Å². The molecule has 90 valence electrons. The van der Waals surface area contributed by atoms with E-state index in [1.54, 1.807) is 0 Å². The lowest BCUT2D eigenvalue weighted by atomic mass is 10.0. The van der Waals surface area contributed by atoms with E-state index >= 15 is 0 Å². The molecule has 0 fully saturated rings. The molecule has 3 rings (SSSR count). The molecular weight excluding hydrogens is 224 g/mol. The molecule has 0 unspecified atom stereocenters. The number of aryl methyl sites for hydroxylation is 1. The van der Waals surface area contributed by atoms with Gasteiger partial charge in [-0.3, -0.25) is 5.10 Å². The number of benzene rings is 2. The van der Waals surface area contributed by atoms with Crippen LogP contribution < -0.4 is 5.73 Å². The van der Waals surface area contributed by atoms with Gasteiger partial charge >= 0.3 is 0 Å². The average molecular weight is 238 g/mol. The van der Waals surface area contributed by atoms with Crippen molar-refractivity contribution in [2.24, 2.45) is 0 Å². The fraction of sp³-hybridized carbons (Fsp3) is 0.143. The quantitative estimate of drug-likeness (QED) is 0.674. The van der Waals surface area contributed by atoms with Crippen molar-refractivity contribution in [3.8, 4) is 11.4 Å². The molecule has 18 heavy (non-hydrogen) atoms. The topological polar surface area (TPSA) is 67.6 Å². The Bertz CT molecular complexity index is 700. The van der Waals surface area contributed by atoms with Gasteiger partial charge in [-0.1, -0.05) is 31.2 Å². The fourth-order valence-electron chi connectivity index (χ4n) is 2.03. The van der Waals surface area contributed by atoms with E-state index in [1.165, 1.54) is 0 Å². The van der Waals surface area contributed by atoms with E-state index in [4.69, 9.17) is 5.73 Å². The molecule has 0 aliphatic carbocycles. The van der Waals surface area contributed by atoms with Crippen LogP contribution in [-0.2, 0) is 6.42 Å². The molecule has 0 saturated heterocycles. The van der Waals surface area contributed by atoms with Gasteiger partial charge in [0.1, 0.15) is 5.82 Å². The summed E-state index contributed by atoms with van der Waals surface area (Å²) in [6.07, 6.45) is 0.834. The Morgan fingerprint density at radius 3 is 2.56 bits per heavy atom. The molecule has 0 saturated carbocycles. The zero-order valence-corrected chi connectivity index (χ0v) is 10.1. The number of nitrogen functional groups attached to an aromatic ring is 1. The molecule has 0 atom stereocenters. The molecule has 0 bridgehead atoms. The summed E-state index contributed by atoms with van der Waals surface area (Å²) in [6.45, 7) is 2.04. The van der Waals surface area contributed by atoms with Crippen molar-refractivity contribution >= 4 is 16.5 Å². The van der Waals surface area contributed by atoms with E-state index in [-0.39, 0.29) is 0 Å². The highest BCUT2D eigenvalue weighted by Gasteiger charge is 2.09. The third-order valence-electron chi connectivity index (χ3n) is 3.03. The van der Waals surface area contributed by atoms with E-state index in [9.17, 15) is 0 Å². The zero-order chi connectivity index (χ0) is 12.5. The Kier molecular flexibility index (Phi) is 2.48. The van der Waals surface area contributed by atoms with Gasteiger partial charge in [-0.15, -0.1) is 0 Å². The van der Waals surface area contributed by atoms with Crippen LogP contribution in [0, 0.1) is 0 Å². The Labute approximate surface area is 105 Å². The number of hydrogen-bond donors (Lipinski definition) is 2. The van der Waals surface area contributed by atoms with E-state index in [0.717, 1.165) is 28.6 Å². The molecule has 0 aliphatic heterocycles. The van der Waals surface area contributed by atoms with Crippen LogP contribution in [0.5, 0.6) is 0 Å². The van der Waals surface area contributed by atoms with Crippen molar-refractivity contribution < 1.29 is 0 Å². The summed E-state index contributed by atoms with van der Waals surface area (Å²) in [5, 5.41) is 9.39. The first-order chi connectivity index (χ1) is 8.78. The number of nitrogens with zero attached hydrogens (tertiary/aromatic N) is 2. The lowest BCUT2D eigenvalue weighted by molar-refractivity contribution is 0.946. The highest BCUT2D eigenvalue weighted by molar-refractivity contribution is 5.92. The first kappa shape index (κ1) is 10.8. The molecule has 4 heteroatoms. The van der Waals surface area contributed by atoms with Gasteiger partial charge in [0.05, 0.1) is 0 Å². The lowest BCUT2D eigenvalue weighted by Crippen LogP contribution is -1.92. The van der Waals surface area contributed by atoms with E-state index in [2.05, 4.69) is 21.2 Å². The summed E-state index contributed by atoms with van der Waals surface area (Å²) in [6, 6.07) is 12.1. The Hall–Kier alpha value is -2.36. The minimum absolute atomic E-state index is 0.662. The largest absolute Gasteiger partial charge is 0.398 e. The van der Waals surface area contributed by atoms with E-state index in [1.807, 2.05) is 37.3 Å². The molecular formula is C14H14N4. The molecule has 3 aromatic rings. The zero-order valence-electron chi connectivity index (χ0n) is 10.1. The van der Waals surface area contributed by atoms with Crippen LogP contribution in [0.1, 0.15) is 12.7 Å². The maximum Gasteiger partial charge on any atom is 0.183 e. The summed E-state index contributed by atoms with van der Waals surface area (Å²) in [5.41, 5.74) is 7.66. The van der Waals surface area contributed by atoms with Crippen LogP contribution in [0.3, 0.4) is 0 Å². The predicted molar refractivity (Wildman–Crippen MR) is 73.1 cm³/mol. The summed E-state index contributed by atoms with van der Waals surface area (Å²) >= 11 is 0. The van der Waals surface area contributed by atoms with Gasteiger partial charge < -0.3 is 5.73 Å². The van der Waals surface area contributed by atoms with E-state index in [0.29, 0.717) is 11.5 Å². The van der Waals surface area contributed by atoms with Crippen LogP contribution in [-0.4, -0.2) is 15.2 Å². The standard InChI is InChI=1S/C14H14N4/c1-2-13-16-14(18-17-13)11-7-9-5-3-4-6-10(9)8-12(11)15/h3-8H,2,15H2,1H3,(H,16,17,18). The number of H-pyrrole nitrogens is 1. The summed E-state index contributed by atoms with van der Waals surface area (Å²) in [5.74, 6) is 1.53. The van der Waals surface area contributed by atoms with Gasteiger partial charge in [-0.05, 0) is 22.9 Å². The van der Waals surface area contributed by atoms with Crippen LogP contribution >= 0.6 is 0 Å². The van der Waals surface area contributed by atoms with Crippen molar-refractivity contribution in [3.63, 3.8) is 0 Å². The number of anilines is 1. The summed E-state index contributed by atoms with van der Waals surface area (Å²) in [7, 11) is 0. The smallest absolute Gasteiger partial charge is 0.183 e. The summed E-state index contributed by atoms with van der Waals surface area (Å²) < 4.78 is 0. The molecule has 3 N–H and O–H groups in total. The Morgan fingerprint density at radius 2 is 1.89 bits per heavy atom. The number of hydrogen-bond acceptors (Lipinski definition) is 3. The lowest BCUT2D eigenvalue weighted by Gasteiger charge is -2.04. The molecule has 4 nitrogen and oxygen atoms in total. The Balaban J connectivity index is 2.19. The van der Waals surface area contributed by atoms with Crippen molar-refractivity contribution in [3.05, 3.63) is 42.2 Å². The van der Waals surface area contributed by atoms with Gasteiger partial charge in [0.2, 0.25) is 0 Å². The van der Waals surface area contributed by atoms with Crippen molar-refractivity contribution in [1.82, 2.24) is 15.2 Å². The maximum absolute atomic E-state index is 6.08. The second-order valence-electron chi connectivity index (χ2n) is 4.25. The first-order valence-corrected chi connectivity index (χ1v) is 5.98. The molecule has 1 heterocycles. The number of nitrogens with two attached hydrogens (primary N) is 1. The first-order valence-electron chi connectivity index (χ1n) is 5.98. The minimum Gasteiger partial charge on any atom is -0.398 e. The number of fused-ring (bicyclic) bond motifs is 1. The monoisotopic (exact) mass is 238 g/mol. The fourth-order valence-corrected chi connectivity index (χ4v) is 2.03. The highest BCUT2D eigenvalue weighted by Crippen LogP contribution is 2.28. The molecule has 0 aliphatic rings. The third-order valence-corrected chi connectivity index (χ3v) is 3.03. The van der Waals surface area contributed by atoms with Crippen LogP contribution in [0.4, 0.5) is 5.69 Å². The SMILES string of the molecule is CCc1nc(-c2cc3ccccc3cc2N)n[nH]1. The maximum atomic E-state index is 6.08. The second kappa shape index (κ2) is 4.14. The Morgan fingerprint density at radius 1 is 1.17 bits per heavy atom. The van der Waals surface area contributed by atoms with Crippen LogP contribution in [0.25, 0.3) is 22.2 Å². The summed E-state index contributed by atoms with van der Waals surface area (Å²) in [4.78, 5) is 4.42. The minimum atomic E-state index is 0.662. The van der Waals surface area contributed by atoms with Crippen LogP contribution in [0.2, 0.25) is 0 Å². The van der Waals surface area contributed by atoms with Gasteiger partial charge in [0, 0.05) is 17.7 Å².